The summed E-state index contributed by atoms with van der Waals surface area (Å²) < 4.78 is 17.2. The minimum atomic E-state index is -0.359. The Hall–Kier alpha value is -3.38. The monoisotopic (exact) mass is 388 g/mol. The molecule has 6 nitrogen and oxygen atoms in total. The highest BCUT2D eigenvalue weighted by Gasteiger charge is 2.33. The van der Waals surface area contributed by atoms with Gasteiger partial charge in [0.25, 0.3) is 0 Å². The molecule has 0 amide bonds. The number of carbonyl (C=O) groups is 1. The molecule has 0 saturated carbocycles. The summed E-state index contributed by atoms with van der Waals surface area (Å²) in [6.45, 7) is 4.47. The number of hydrogen-bond donors (Lipinski definition) is 1. The first kappa shape index (κ1) is 17.7. The zero-order valence-corrected chi connectivity index (χ0v) is 16.2. The average molecular weight is 388 g/mol. The normalized spacial score (nSPS) is 15.4. The summed E-state index contributed by atoms with van der Waals surface area (Å²) in [6, 6.07) is 10.8. The largest absolute Gasteiger partial charge is 0.472 e. The van der Waals surface area contributed by atoms with E-state index in [2.05, 4.69) is 0 Å². The smallest absolute Gasteiger partial charge is 0.230 e. The van der Waals surface area contributed by atoms with Crippen molar-refractivity contribution in [2.45, 2.75) is 32.5 Å². The molecule has 0 atom stereocenters. The van der Waals surface area contributed by atoms with Crippen molar-refractivity contribution in [3.63, 3.8) is 0 Å². The lowest BCUT2D eigenvalue weighted by atomic mass is 9.88. The number of pyridine rings is 1. The van der Waals surface area contributed by atoms with Crippen molar-refractivity contribution in [1.82, 2.24) is 4.98 Å². The van der Waals surface area contributed by atoms with Crippen LogP contribution in [0.2, 0.25) is 0 Å². The van der Waals surface area contributed by atoms with Gasteiger partial charge in [0, 0.05) is 23.1 Å². The van der Waals surface area contributed by atoms with Gasteiger partial charge in [-0.15, -0.1) is 0 Å². The van der Waals surface area contributed by atoms with Gasteiger partial charge in [-0.05, 0) is 25.5 Å². The third kappa shape index (κ3) is 2.84. The first-order valence-electron chi connectivity index (χ1n) is 9.44. The number of rotatable bonds is 3. The number of nitrogen functional groups attached to an aromatic ring is 1. The highest BCUT2D eigenvalue weighted by atomic mass is 16.5. The zero-order chi connectivity index (χ0) is 20.2. The van der Waals surface area contributed by atoms with Crippen LogP contribution in [0.25, 0.3) is 22.4 Å². The van der Waals surface area contributed by atoms with Crippen molar-refractivity contribution in [1.29, 1.82) is 0 Å². The molecule has 1 aromatic carbocycles. The highest BCUT2D eigenvalue weighted by molar-refractivity contribution is 6.14. The third-order valence-electron chi connectivity index (χ3n) is 5.34. The van der Waals surface area contributed by atoms with Crippen molar-refractivity contribution in [3.8, 4) is 11.3 Å². The first-order chi connectivity index (χ1) is 13.9. The second-order valence-corrected chi connectivity index (χ2v) is 7.87. The summed E-state index contributed by atoms with van der Waals surface area (Å²) in [6.07, 6.45) is 3.87. The Morgan fingerprint density at radius 2 is 1.93 bits per heavy atom. The molecule has 29 heavy (non-hydrogen) atoms. The number of nitrogens with zero attached hydrogens (tertiary/aromatic N) is 1. The molecule has 0 bridgehead atoms. The lowest BCUT2D eigenvalue weighted by Gasteiger charge is -2.32. The van der Waals surface area contributed by atoms with Gasteiger partial charge in [0.1, 0.15) is 0 Å². The maximum absolute atomic E-state index is 13.0. The quantitative estimate of drug-likeness (QED) is 0.509. The van der Waals surface area contributed by atoms with Gasteiger partial charge in [0.2, 0.25) is 17.3 Å². The Balaban J connectivity index is 1.77. The van der Waals surface area contributed by atoms with Crippen LogP contribution >= 0.6 is 0 Å². The van der Waals surface area contributed by atoms with Gasteiger partial charge in [-0.25, -0.2) is 4.98 Å². The number of ketones is 1. The summed E-state index contributed by atoms with van der Waals surface area (Å²) in [4.78, 5) is 17.7. The number of anilines is 1. The Labute approximate surface area is 167 Å². The van der Waals surface area contributed by atoms with Crippen LogP contribution in [0, 0.1) is 0 Å². The van der Waals surface area contributed by atoms with E-state index < -0.39 is 0 Å². The molecular formula is C23H20N2O4. The predicted octanol–water partition coefficient (Wildman–Crippen LogP) is 4.75. The SMILES string of the molecule is CC1(C)Cc2c(c(-c3ccoc3)nc3oc(C(=O)c4ccccc4)c(N)c23)CO1. The van der Waals surface area contributed by atoms with E-state index in [0.29, 0.717) is 35.4 Å². The van der Waals surface area contributed by atoms with Crippen LogP contribution in [0.1, 0.15) is 41.1 Å². The molecule has 146 valence electrons. The van der Waals surface area contributed by atoms with E-state index in [0.717, 1.165) is 22.4 Å². The Morgan fingerprint density at radius 3 is 2.66 bits per heavy atom. The minimum absolute atomic E-state index is 0.120. The molecule has 4 heterocycles. The van der Waals surface area contributed by atoms with Crippen molar-refractivity contribution in [2.24, 2.45) is 0 Å². The summed E-state index contributed by atoms with van der Waals surface area (Å²) in [5, 5.41) is 0.697. The summed E-state index contributed by atoms with van der Waals surface area (Å²) in [7, 11) is 0. The fourth-order valence-corrected chi connectivity index (χ4v) is 3.89. The van der Waals surface area contributed by atoms with Crippen LogP contribution in [0.4, 0.5) is 5.69 Å². The van der Waals surface area contributed by atoms with Crippen molar-refractivity contribution in [3.05, 3.63) is 71.4 Å². The number of ether oxygens (including phenoxy) is 1. The average Bonchev–Trinajstić information content (AvgIpc) is 3.35. The van der Waals surface area contributed by atoms with E-state index in [1.54, 1.807) is 24.7 Å². The molecule has 5 rings (SSSR count). The molecule has 1 aliphatic rings. The van der Waals surface area contributed by atoms with Crippen LogP contribution in [-0.4, -0.2) is 16.4 Å². The topological polar surface area (TPSA) is 91.5 Å². The van der Waals surface area contributed by atoms with E-state index in [4.69, 9.17) is 24.3 Å². The van der Waals surface area contributed by atoms with Gasteiger partial charge in [0.05, 0.1) is 41.5 Å². The third-order valence-corrected chi connectivity index (χ3v) is 5.34. The zero-order valence-electron chi connectivity index (χ0n) is 16.2. The molecule has 0 saturated heterocycles. The number of aromatic nitrogens is 1. The van der Waals surface area contributed by atoms with Crippen molar-refractivity contribution >= 4 is 22.6 Å². The maximum atomic E-state index is 13.0. The molecule has 4 aromatic rings. The second-order valence-electron chi connectivity index (χ2n) is 7.87. The number of carbonyl (C=O) groups excluding carboxylic acids is 1. The second kappa shape index (κ2) is 6.32. The molecule has 2 N–H and O–H groups in total. The molecule has 0 radical (unpaired) electrons. The molecule has 0 fully saturated rings. The van der Waals surface area contributed by atoms with E-state index in [1.165, 1.54) is 0 Å². The maximum Gasteiger partial charge on any atom is 0.230 e. The van der Waals surface area contributed by atoms with Crippen molar-refractivity contribution < 1.29 is 18.4 Å². The Morgan fingerprint density at radius 1 is 1.14 bits per heavy atom. The molecule has 0 unspecified atom stereocenters. The Bertz CT molecular complexity index is 1220. The van der Waals surface area contributed by atoms with E-state index >= 15 is 0 Å². The fourth-order valence-electron chi connectivity index (χ4n) is 3.89. The number of furan rings is 2. The minimum Gasteiger partial charge on any atom is -0.472 e. The van der Waals surface area contributed by atoms with Crippen LogP contribution in [0.5, 0.6) is 0 Å². The molecular weight excluding hydrogens is 368 g/mol. The molecule has 0 spiro atoms. The number of benzene rings is 1. The number of hydrogen-bond acceptors (Lipinski definition) is 6. The molecule has 6 heteroatoms. The van der Waals surface area contributed by atoms with Crippen LogP contribution in [0.3, 0.4) is 0 Å². The summed E-state index contributed by atoms with van der Waals surface area (Å²) >= 11 is 0. The predicted molar refractivity (Wildman–Crippen MR) is 109 cm³/mol. The van der Waals surface area contributed by atoms with Gasteiger partial charge in [-0.2, -0.15) is 0 Å². The van der Waals surface area contributed by atoms with Crippen molar-refractivity contribution in [2.75, 3.05) is 5.73 Å². The molecule has 0 aliphatic carbocycles. The van der Waals surface area contributed by atoms with Crippen LogP contribution < -0.4 is 5.73 Å². The van der Waals surface area contributed by atoms with E-state index in [-0.39, 0.29) is 17.1 Å². The summed E-state index contributed by atoms with van der Waals surface area (Å²) in [5.74, 6) is -0.138. The van der Waals surface area contributed by atoms with Gasteiger partial charge >= 0.3 is 0 Å². The van der Waals surface area contributed by atoms with E-state index in [1.807, 2.05) is 38.1 Å². The lowest BCUT2D eigenvalue weighted by molar-refractivity contribution is -0.0395. The first-order valence-corrected chi connectivity index (χ1v) is 9.44. The van der Waals surface area contributed by atoms with Crippen LogP contribution in [0.15, 0.2) is 57.8 Å². The fraction of sp³-hybridized carbons (Fsp3) is 0.217. The highest BCUT2D eigenvalue weighted by Crippen LogP contribution is 2.42. The van der Waals surface area contributed by atoms with Gasteiger partial charge < -0.3 is 19.3 Å². The standard InChI is InChI=1S/C23H20N2O4/c1-23(2)10-15-16(12-28-23)19(14-8-9-27-11-14)25-22-17(15)18(24)21(29-22)20(26)13-6-4-3-5-7-13/h3-9,11H,10,12,24H2,1-2H3. The van der Waals surface area contributed by atoms with Gasteiger partial charge in [-0.1, -0.05) is 30.3 Å². The Kier molecular flexibility index (Phi) is 3.86. The number of fused-ring (bicyclic) bond motifs is 3. The molecule has 1 aliphatic heterocycles. The van der Waals surface area contributed by atoms with Gasteiger partial charge in [-0.3, -0.25) is 4.79 Å². The summed E-state index contributed by atoms with van der Waals surface area (Å²) in [5.41, 5.74) is 10.8. The van der Waals surface area contributed by atoms with E-state index in [9.17, 15) is 4.79 Å². The van der Waals surface area contributed by atoms with Gasteiger partial charge in [0.15, 0.2) is 0 Å². The number of nitrogens with two attached hydrogens (primary N) is 1. The van der Waals surface area contributed by atoms with Crippen LogP contribution in [-0.2, 0) is 17.8 Å². The molecule has 3 aromatic heterocycles. The lowest BCUT2D eigenvalue weighted by Crippen LogP contribution is -2.32.